The van der Waals surface area contributed by atoms with Crippen LogP contribution in [-0.4, -0.2) is 29.5 Å². The van der Waals surface area contributed by atoms with Crippen molar-refractivity contribution in [3.8, 4) is 11.5 Å². The third kappa shape index (κ3) is 3.51. The molecule has 0 saturated carbocycles. The maximum Gasteiger partial charge on any atom is 0.244 e. The second kappa shape index (κ2) is 7.36. The van der Waals surface area contributed by atoms with Gasteiger partial charge in [-0.15, -0.1) is 0 Å². The van der Waals surface area contributed by atoms with Crippen LogP contribution in [0.5, 0.6) is 11.5 Å². The number of ether oxygens (including phenoxy) is 2. The Morgan fingerprint density at radius 3 is 2.71 bits per heavy atom. The Bertz CT molecular complexity index is 813. The lowest BCUT2D eigenvalue weighted by atomic mass is 10.3. The molecular weight excluding hydrogens is 304 g/mol. The molecule has 5 heteroatoms. The number of aliphatic hydroxyl groups excluding tert-OH is 1. The number of aryl methyl sites for hydroxylation is 1. The summed E-state index contributed by atoms with van der Waals surface area (Å²) < 4.78 is 15.1. The summed E-state index contributed by atoms with van der Waals surface area (Å²) in [5, 5.41) is 10.3. The van der Waals surface area contributed by atoms with Gasteiger partial charge in [-0.25, -0.2) is 9.13 Å². The maximum absolute atomic E-state index is 10.3. The van der Waals surface area contributed by atoms with Crippen molar-refractivity contribution in [1.82, 2.24) is 4.57 Å². The van der Waals surface area contributed by atoms with Crippen LogP contribution >= 0.6 is 0 Å². The summed E-state index contributed by atoms with van der Waals surface area (Å²) in [6.45, 7) is 3.71. The molecule has 1 aromatic heterocycles. The van der Waals surface area contributed by atoms with Crippen LogP contribution in [-0.2, 0) is 13.1 Å². The van der Waals surface area contributed by atoms with E-state index in [4.69, 9.17) is 9.47 Å². The number of nitrogens with zero attached hydrogens (tertiary/aromatic N) is 2. The zero-order valence-electron chi connectivity index (χ0n) is 14.1. The topological polar surface area (TPSA) is 47.5 Å². The molecule has 0 saturated heterocycles. The van der Waals surface area contributed by atoms with Gasteiger partial charge in [-0.05, 0) is 31.2 Å². The highest BCUT2D eigenvalue weighted by molar-refractivity contribution is 5.71. The van der Waals surface area contributed by atoms with Gasteiger partial charge >= 0.3 is 0 Å². The zero-order valence-corrected chi connectivity index (χ0v) is 14.1. The first kappa shape index (κ1) is 16.3. The summed E-state index contributed by atoms with van der Waals surface area (Å²) in [6, 6.07) is 15.6. The molecular formula is C19H23N2O3+. The van der Waals surface area contributed by atoms with Gasteiger partial charge in [-0.3, -0.25) is 0 Å². The number of benzene rings is 2. The Hall–Kier alpha value is -2.53. The first-order valence-electron chi connectivity index (χ1n) is 8.13. The van der Waals surface area contributed by atoms with Crippen LogP contribution in [0.1, 0.15) is 6.92 Å². The van der Waals surface area contributed by atoms with Crippen LogP contribution in [0.25, 0.3) is 11.0 Å². The van der Waals surface area contributed by atoms with Gasteiger partial charge in [0.1, 0.15) is 30.8 Å². The number of hydrogen-bond acceptors (Lipinski definition) is 3. The fraction of sp³-hybridized carbons (Fsp3) is 0.316. The summed E-state index contributed by atoms with van der Waals surface area (Å²) in [4.78, 5) is 0. The number of aromatic nitrogens is 2. The van der Waals surface area contributed by atoms with Crippen LogP contribution < -0.4 is 14.0 Å². The minimum absolute atomic E-state index is 0.228. The average Bonchev–Trinajstić information content (AvgIpc) is 2.98. The Balaban J connectivity index is 1.67. The van der Waals surface area contributed by atoms with Gasteiger partial charge in [0.05, 0.1) is 13.7 Å². The molecule has 1 unspecified atom stereocenters. The molecule has 5 nitrogen and oxygen atoms in total. The lowest BCUT2D eigenvalue weighted by Crippen LogP contribution is -2.41. The molecule has 24 heavy (non-hydrogen) atoms. The van der Waals surface area contributed by atoms with Gasteiger partial charge < -0.3 is 14.6 Å². The van der Waals surface area contributed by atoms with Crippen molar-refractivity contribution >= 4 is 11.0 Å². The normalized spacial score (nSPS) is 12.3. The van der Waals surface area contributed by atoms with Gasteiger partial charge in [-0.1, -0.05) is 18.2 Å². The number of rotatable bonds is 7. The largest absolute Gasteiger partial charge is 0.497 e. The molecule has 3 rings (SSSR count). The Labute approximate surface area is 141 Å². The molecule has 0 amide bonds. The Kier molecular flexibility index (Phi) is 5.01. The van der Waals surface area contributed by atoms with Crippen molar-refractivity contribution in [3.05, 3.63) is 54.9 Å². The van der Waals surface area contributed by atoms with E-state index in [-0.39, 0.29) is 6.61 Å². The average molecular weight is 327 g/mol. The first-order valence-corrected chi connectivity index (χ1v) is 8.13. The fourth-order valence-corrected chi connectivity index (χ4v) is 2.80. The number of imidazole rings is 1. The van der Waals surface area contributed by atoms with Crippen molar-refractivity contribution < 1.29 is 19.1 Å². The van der Waals surface area contributed by atoms with E-state index in [0.29, 0.717) is 12.3 Å². The van der Waals surface area contributed by atoms with E-state index in [1.165, 1.54) is 5.52 Å². The Morgan fingerprint density at radius 2 is 1.92 bits per heavy atom. The minimum Gasteiger partial charge on any atom is -0.497 e. The van der Waals surface area contributed by atoms with Crippen molar-refractivity contribution in [2.45, 2.75) is 26.1 Å². The molecule has 1 heterocycles. The first-order chi connectivity index (χ1) is 11.7. The SMILES string of the molecule is CCn1c[n+](CC(O)COc2cccc(OC)c2)c2ccccc21. The molecule has 0 fully saturated rings. The van der Waals surface area contributed by atoms with Crippen LogP contribution in [0.3, 0.4) is 0 Å². The van der Waals surface area contributed by atoms with Crippen molar-refractivity contribution in [3.63, 3.8) is 0 Å². The summed E-state index contributed by atoms with van der Waals surface area (Å²) >= 11 is 0. The number of para-hydroxylation sites is 2. The molecule has 0 bridgehead atoms. The van der Waals surface area contributed by atoms with Crippen LogP contribution in [0, 0.1) is 0 Å². The van der Waals surface area contributed by atoms with E-state index in [9.17, 15) is 5.11 Å². The van der Waals surface area contributed by atoms with Gasteiger partial charge in [0, 0.05) is 6.07 Å². The van der Waals surface area contributed by atoms with E-state index >= 15 is 0 Å². The Morgan fingerprint density at radius 1 is 1.12 bits per heavy atom. The zero-order chi connectivity index (χ0) is 16.9. The third-order valence-corrected chi connectivity index (χ3v) is 4.01. The second-order valence-corrected chi connectivity index (χ2v) is 5.69. The fourth-order valence-electron chi connectivity index (χ4n) is 2.80. The van der Waals surface area contributed by atoms with Crippen molar-refractivity contribution in [1.29, 1.82) is 0 Å². The molecule has 0 radical (unpaired) electrons. The molecule has 0 aliphatic rings. The molecule has 0 spiro atoms. The van der Waals surface area contributed by atoms with E-state index in [0.717, 1.165) is 17.8 Å². The molecule has 2 aromatic carbocycles. The molecule has 0 aliphatic carbocycles. The number of hydrogen-bond donors (Lipinski definition) is 1. The number of methoxy groups -OCH3 is 1. The summed E-state index contributed by atoms with van der Waals surface area (Å²) in [5.74, 6) is 1.43. The molecule has 3 aromatic rings. The van der Waals surface area contributed by atoms with Crippen molar-refractivity contribution in [2.24, 2.45) is 0 Å². The second-order valence-electron chi connectivity index (χ2n) is 5.69. The standard InChI is InChI=1S/C19H23N2O3/c1-3-20-14-21(19-10-5-4-9-18(19)20)12-15(22)13-24-17-8-6-7-16(11-17)23-2/h4-11,14-15,22H,3,12-13H2,1-2H3/q+1. The van der Waals surface area contributed by atoms with Crippen LogP contribution in [0.15, 0.2) is 54.9 Å². The quantitative estimate of drug-likeness (QED) is 0.678. The predicted molar refractivity (Wildman–Crippen MR) is 92.3 cm³/mol. The highest BCUT2D eigenvalue weighted by Gasteiger charge is 2.17. The number of fused-ring (bicyclic) bond motifs is 1. The smallest absolute Gasteiger partial charge is 0.244 e. The van der Waals surface area contributed by atoms with E-state index in [2.05, 4.69) is 28.2 Å². The molecule has 1 atom stereocenters. The van der Waals surface area contributed by atoms with Gasteiger partial charge in [0.15, 0.2) is 11.0 Å². The highest BCUT2D eigenvalue weighted by Crippen LogP contribution is 2.19. The van der Waals surface area contributed by atoms with E-state index in [1.54, 1.807) is 7.11 Å². The lowest BCUT2D eigenvalue weighted by Gasteiger charge is -2.11. The van der Waals surface area contributed by atoms with E-state index in [1.807, 2.05) is 42.7 Å². The highest BCUT2D eigenvalue weighted by atomic mass is 16.5. The predicted octanol–water partition coefficient (Wildman–Crippen LogP) is 2.40. The van der Waals surface area contributed by atoms with Gasteiger partial charge in [0.25, 0.3) is 0 Å². The van der Waals surface area contributed by atoms with Gasteiger partial charge in [-0.2, -0.15) is 0 Å². The van der Waals surface area contributed by atoms with E-state index < -0.39 is 6.10 Å². The molecule has 0 aliphatic heterocycles. The van der Waals surface area contributed by atoms with Crippen LogP contribution in [0.2, 0.25) is 0 Å². The lowest BCUT2D eigenvalue weighted by molar-refractivity contribution is -0.679. The minimum atomic E-state index is -0.600. The third-order valence-electron chi connectivity index (χ3n) is 4.01. The summed E-state index contributed by atoms with van der Waals surface area (Å²) in [6.07, 6.45) is 1.44. The monoisotopic (exact) mass is 327 g/mol. The van der Waals surface area contributed by atoms with Gasteiger partial charge in [0.2, 0.25) is 6.33 Å². The summed E-state index contributed by atoms with van der Waals surface area (Å²) in [5.41, 5.74) is 2.28. The molecule has 1 N–H and O–H groups in total. The van der Waals surface area contributed by atoms with Crippen LogP contribution in [0.4, 0.5) is 0 Å². The van der Waals surface area contributed by atoms with Crippen molar-refractivity contribution in [2.75, 3.05) is 13.7 Å². The molecule has 126 valence electrons. The number of aliphatic hydroxyl groups is 1. The maximum atomic E-state index is 10.3. The summed E-state index contributed by atoms with van der Waals surface area (Å²) in [7, 11) is 1.62.